The van der Waals surface area contributed by atoms with E-state index in [1.54, 1.807) is 36.2 Å². The fraction of sp³-hybridized carbons (Fsp3) is 0.200. The number of piperazine rings is 1. The fourth-order valence-electron chi connectivity index (χ4n) is 3.71. The molecule has 0 radical (unpaired) electrons. The first-order valence-corrected chi connectivity index (χ1v) is 10.2. The molecule has 1 aliphatic rings. The molecule has 3 aromatic carbocycles. The summed E-state index contributed by atoms with van der Waals surface area (Å²) in [5, 5.41) is 0. The Bertz CT molecular complexity index is 996. The zero-order chi connectivity index (χ0) is 20.9. The van der Waals surface area contributed by atoms with E-state index < -0.39 is 0 Å². The zero-order valence-electron chi connectivity index (χ0n) is 17.1. The molecule has 0 atom stereocenters. The minimum absolute atomic E-state index is 0.0122. The van der Waals surface area contributed by atoms with Crippen LogP contribution in [-0.2, 0) is 0 Å². The third kappa shape index (κ3) is 4.20. The van der Waals surface area contributed by atoms with E-state index >= 15 is 0 Å². The van der Waals surface area contributed by atoms with Crippen LogP contribution < -0.4 is 9.80 Å². The van der Waals surface area contributed by atoms with Gasteiger partial charge in [-0.05, 0) is 48.5 Å². The minimum atomic E-state index is -0.100. The molecule has 1 heterocycles. The normalized spacial score (nSPS) is 13.8. The van der Waals surface area contributed by atoms with Crippen LogP contribution in [0, 0.1) is 0 Å². The predicted molar refractivity (Wildman–Crippen MR) is 120 cm³/mol. The first kappa shape index (κ1) is 19.7. The maximum atomic E-state index is 12.9. The Morgan fingerprint density at radius 2 is 1.23 bits per heavy atom. The molecule has 4 rings (SSSR count). The highest BCUT2D eigenvalue weighted by molar-refractivity contribution is 6.06. The summed E-state index contributed by atoms with van der Waals surface area (Å²) >= 11 is 0. The van der Waals surface area contributed by atoms with Gasteiger partial charge >= 0.3 is 0 Å². The van der Waals surface area contributed by atoms with Crippen molar-refractivity contribution in [2.75, 3.05) is 43.0 Å². The highest BCUT2D eigenvalue weighted by Gasteiger charge is 2.22. The number of carbonyl (C=O) groups excluding carboxylic acids is 2. The van der Waals surface area contributed by atoms with Crippen molar-refractivity contribution >= 4 is 23.2 Å². The molecule has 0 spiro atoms. The molecule has 0 saturated carbocycles. The van der Waals surface area contributed by atoms with Gasteiger partial charge in [0.1, 0.15) is 0 Å². The predicted octanol–water partition coefficient (Wildman–Crippen LogP) is 3.93. The number of anilines is 2. The molecule has 1 saturated heterocycles. The third-order valence-electron chi connectivity index (χ3n) is 5.52. The Balaban J connectivity index is 1.38. The van der Waals surface area contributed by atoms with Crippen molar-refractivity contribution < 1.29 is 9.59 Å². The van der Waals surface area contributed by atoms with Gasteiger partial charge in [0.05, 0.1) is 0 Å². The highest BCUT2D eigenvalue weighted by atomic mass is 16.2. The van der Waals surface area contributed by atoms with Gasteiger partial charge in [-0.1, -0.05) is 36.4 Å². The molecule has 5 heteroatoms. The quantitative estimate of drug-likeness (QED) is 0.668. The molecule has 0 bridgehead atoms. The number of amides is 2. The third-order valence-corrected chi connectivity index (χ3v) is 5.52. The Labute approximate surface area is 177 Å². The molecule has 0 N–H and O–H groups in total. The molecule has 3 aromatic rings. The molecule has 152 valence electrons. The van der Waals surface area contributed by atoms with Gasteiger partial charge in [-0.15, -0.1) is 0 Å². The van der Waals surface area contributed by atoms with E-state index in [1.165, 1.54) is 5.69 Å². The summed E-state index contributed by atoms with van der Waals surface area (Å²) in [6.45, 7) is 3.00. The summed E-state index contributed by atoms with van der Waals surface area (Å²) in [4.78, 5) is 31.4. The standard InChI is InChI=1S/C25H25N3O2/c1-26(22-8-4-2-5-9-22)24(29)20-12-14-21(15-13-20)25(30)28-18-16-27(17-19-28)23-10-6-3-7-11-23/h2-15H,16-19H2,1H3. The lowest BCUT2D eigenvalue weighted by Crippen LogP contribution is -2.48. The number of nitrogens with zero attached hydrogens (tertiary/aromatic N) is 3. The minimum Gasteiger partial charge on any atom is -0.368 e. The monoisotopic (exact) mass is 399 g/mol. The average Bonchev–Trinajstić information content (AvgIpc) is 2.84. The molecule has 1 fully saturated rings. The summed E-state index contributed by atoms with van der Waals surface area (Å²) in [5.41, 5.74) is 3.20. The summed E-state index contributed by atoms with van der Waals surface area (Å²) in [7, 11) is 1.75. The van der Waals surface area contributed by atoms with Crippen molar-refractivity contribution in [1.82, 2.24) is 4.90 Å². The van der Waals surface area contributed by atoms with Crippen molar-refractivity contribution in [1.29, 1.82) is 0 Å². The van der Waals surface area contributed by atoms with Crippen LogP contribution in [0.3, 0.4) is 0 Å². The second-order valence-electron chi connectivity index (χ2n) is 7.39. The van der Waals surface area contributed by atoms with Gasteiger partial charge in [0.25, 0.3) is 11.8 Å². The van der Waals surface area contributed by atoms with Crippen LogP contribution in [0.25, 0.3) is 0 Å². The molecule has 0 aromatic heterocycles. The van der Waals surface area contributed by atoms with Gasteiger partial charge in [0.2, 0.25) is 0 Å². The van der Waals surface area contributed by atoms with Crippen LogP contribution in [0.1, 0.15) is 20.7 Å². The van der Waals surface area contributed by atoms with E-state index in [0.717, 1.165) is 18.8 Å². The SMILES string of the molecule is CN(C(=O)c1ccc(C(=O)N2CCN(c3ccccc3)CC2)cc1)c1ccccc1. The maximum absolute atomic E-state index is 12.9. The molecule has 2 amide bonds. The fourth-order valence-corrected chi connectivity index (χ4v) is 3.71. The number of hydrogen-bond donors (Lipinski definition) is 0. The molecule has 30 heavy (non-hydrogen) atoms. The lowest BCUT2D eigenvalue weighted by molar-refractivity contribution is 0.0746. The van der Waals surface area contributed by atoms with Crippen LogP contribution in [-0.4, -0.2) is 49.9 Å². The summed E-state index contributed by atoms with van der Waals surface area (Å²) in [5.74, 6) is -0.0881. The molecule has 1 aliphatic heterocycles. The number of benzene rings is 3. The molecule has 0 aliphatic carbocycles. The van der Waals surface area contributed by atoms with Crippen LogP contribution in [0.4, 0.5) is 11.4 Å². The first-order chi connectivity index (χ1) is 14.6. The largest absolute Gasteiger partial charge is 0.368 e. The van der Waals surface area contributed by atoms with Crippen molar-refractivity contribution in [3.63, 3.8) is 0 Å². The van der Waals surface area contributed by atoms with Gasteiger partial charge in [-0.25, -0.2) is 0 Å². The highest BCUT2D eigenvalue weighted by Crippen LogP contribution is 2.18. The Morgan fingerprint density at radius 1 is 0.700 bits per heavy atom. The van der Waals surface area contributed by atoms with Crippen LogP contribution in [0.5, 0.6) is 0 Å². The Hall–Kier alpha value is -3.60. The van der Waals surface area contributed by atoms with Gasteiger partial charge in [0.15, 0.2) is 0 Å². The average molecular weight is 399 g/mol. The molecular weight excluding hydrogens is 374 g/mol. The van der Waals surface area contributed by atoms with Crippen LogP contribution >= 0.6 is 0 Å². The van der Waals surface area contributed by atoms with Gasteiger partial charge in [-0.2, -0.15) is 0 Å². The first-order valence-electron chi connectivity index (χ1n) is 10.2. The summed E-state index contributed by atoms with van der Waals surface area (Å²) in [6, 6.07) is 26.7. The number of carbonyl (C=O) groups is 2. The van der Waals surface area contributed by atoms with Gasteiger partial charge in [0, 0.05) is 55.7 Å². The summed E-state index contributed by atoms with van der Waals surface area (Å²) < 4.78 is 0. The van der Waals surface area contributed by atoms with Crippen molar-refractivity contribution in [2.45, 2.75) is 0 Å². The molecule has 0 unspecified atom stereocenters. The van der Waals surface area contributed by atoms with E-state index in [2.05, 4.69) is 17.0 Å². The zero-order valence-corrected chi connectivity index (χ0v) is 17.1. The second kappa shape index (κ2) is 8.82. The van der Waals surface area contributed by atoms with E-state index in [9.17, 15) is 9.59 Å². The topological polar surface area (TPSA) is 43.9 Å². The number of hydrogen-bond acceptors (Lipinski definition) is 3. The second-order valence-corrected chi connectivity index (χ2v) is 7.39. The lowest BCUT2D eigenvalue weighted by Gasteiger charge is -2.36. The smallest absolute Gasteiger partial charge is 0.258 e. The lowest BCUT2D eigenvalue weighted by atomic mass is 10.1. The number of rotatable bonds is 4. The number of para-hydroxylation sites is 2. The molecule has 5 nitrogen and oxygen atoms in total. The van der Waals surface area contributed by atoms with Crippen molar-refractivity contribution in [3.05, 3.63) is 96.1 Å². The Kier molecular flexibility index (Phi) is 5.80. The maximum Gasteiger partial charge on any atom is 0.258 e. The van der Waals surface area contributed by atoms with Crippen LogP contribution in [0.2, 0.25) is 0 Å². The van der Waals surface area contributed by atoms with Gasteiger partial charge < -0.3 is 14.7 Å². The van der Waals surface area contributed by atoms with E-state index in [4.69, 9.17) is 0 Å². The van der Waals surface area contributed by atoms with Crippen LogP contribution in [0.15, 0.2) is 84.9 Å². The van der Waals surface area contributed by atoms with Crippen molar-refractivity contribution in [2.24, 2.45) is 0 Å². The summed E-state index contributed by atoms with van der Waals surface area (Å²) in [6.07, 6.45) is 0. The van der Waals surface area contributed by atoms with Crippen molar-refractivity contribution in [3.8, 4) is 0 Å². The Morgan fingerprint density at radius 3 is 1.83 bits per heavy atom. The van der Waals surface area contributed by atoms with E-state index in [0.29, 0.717) is 24.2 Å². The van der Waals surface area contributed by atoms with Gasteiger partial charge in [-0.3, -0.25) is 9.59 Å². The van der Waals surface area contributed by atoms with E-state index in [1.807, 2.05) is 53.4 Å². The molecular formula is C25H25N3O2. The van der Waals surface area contributed by atoms with E-state index in [-0.39, 0.29) is 11.8 Å².